The maximum atomic E-state index is 11.7. The predicted molar refractivity (Wildman–Crippen MR) is 71.7 cm³/mol. The summed E-state index contributed by atoms with van der Waals surface area (Å²) in [5.74, 6) is 0.0328. The zero-order valence-electron chi connectivity index (χ0n) is 9.84. The van der Waals surface area contributed by atoms with Gasteiger partial charge in [0.2, 0.25) is 0 Å². The standard InChI is InChI=1S/C12H18ClNO2S/c1-2-12(13)17(15,16)9-8-11(14)10-6-4-3-5-7-10/h3-7,11-12H,2,8-9,14H2,1H3. The molecule has 5 heteroatoms. The molecule has 2 atom stereocenters. The second-order valence-electron chi connectivity index (χ2n) is 3.99. The monoisotopic (exact) mass is 275 g/mol. The van der Waals surface area contributed by atoms with Crippen LogP contribution < -0.4 is 5.73 Å². The largest absolute Gasteiger partial charge is 0.324 e. The first kappa shape index (κ1) is 14.5. The van der Waals surface area contributed by atoms with Gasteiger partial charge < -0.3 is 5.73 Å². The molecule has 0 aliphatic carbocycles. The minimum Gasteiger partial charge on any atom is -0.324 e. The van der Waals surface area contributed by atoms with Crippen LogP contribution in [0.25, 0.3) is 0 Å². The van der Waals surface area contributed by atoms with E-state index in [0.29, 0.717) is 12.8 Å². The van der Waals surface area contributed by atoms with Crippen LogP contribution >= 0.6 is 11.6 Å². The van der Waals surface area contributed by atoms with Gasteiger partial charge in [0.1, 0.15) is 4.71 Å². The van der Waals surface area contributed by atoms with Gasteiger partial charge in [-0.25, -0.2) is 8.42 Å². The van der Waals surface area contributed by atoms with Crippen LogP contribution in [-0.4, -0.2) is 18.9 Å². The van der Waals surface area contributed by atoms with Crippen LogP contribution in [0.2, 0.25) is 0 Å². The number of alkyl halides is 1. The minimum absolute atomic E-state index is 0.0328. The van der Waals surface area contributed by atoms with Crippen molar-refractivity contribution in [3.8, 4) is 0 Å². The van der Waals surface area contributed by atoms with Gasteiger partial charge in [-0.05, 0) is 18.4 Å². The molecule has 0 aromatic heterocycles. The van der Waals surface area contributed by atoms with Crippen LogP contribution in [0, 0.1) is 0 Å². The molecule has 0 bridgehead atoms. The van der Waals surface area contributed by atoms with E-state index in [1.165, 1.54) is 0 Å². The van der Waals surface area contributed by atoms with Gasteiger partial charge in [-0.3, -0.25) is 0 Å². The molecule has 0 saturated heterocycles. The minimum atomic E-state index is -3.23. The Morgan fingerprint density at radius 3 is 2.41 bits per heavy atom. The molecule has 96 valence electrons. The summed E-state index contributed by atoms with van der Waals surface area (Å²) in [7, 11) is -3.23. The van der Waals surface area contributed by atoms with Gasteiger partial charge in [0.05, 0.1) is 5.75 Å². The second kappa shape index (κ2) is 6.38. The second-order valence-corrected chi connectivity index (χ2v) is 7.08. The van der Waals surface area contributed by atoms with Gasteiger partial charge in [0, 0.05) is 6.04 Å². The Labute approximate surface area is 108 Å². The molecule has 0 aliphatic rings. The highest BCUT2D eigenvalue weighted by Gasteiger charge is 2.22. The molecule has 1 aromatic carbocycles. The normalized spacial score (nSPS) is 15.5. The molecule has 1 rings (SSSR count). The van der Waals surface area contributed by atoms with Crippen LogP contribution in [0.5, 0.6) is 0 Å². The van der Waals surface area contributed by atoms with Gasteiger partial charge in [-0.1, -0.05) is 37.3 Å². The number of rotatable bonds is 6. The van der Waals surface area contributed by atoms with Crippen LogP contribution in [0.1, 0.15) is 31.4 Å². The summed E-state index contributed by atoms with van der Waals surface area (Å²) in [6.07, 6.45) is 0.819. The molecule has 0 saturated carbocycles. The molecule has 1 aromatic rings. The predicted octanol–water partition coefficient (Wildman–Crippen LogP) is 2.47. The Morgan fingerprint density at radius 1 is 1.29 bits per heavy atom. The van der Waals surface area contributed by atoms with Gasteiger partial charge in [0.15, 0.2) is 9.84 Å². The highest BCUT2D eigenvalue weighted by molar-refractivity contribution is 7.93. The van der Waals surface area contributed by atoms with Crippen molar-refractivity contribution < 1.29 is 8.42 Å². The Bertz CT molecular complexity index is 433. The molecule has 0 radical (unpaired) electrons. The number of halogens is 1. The first-order valence-electron chi connectivity index (χ1n) is 5.63. The number of hydrogen-bond acceptors (Lipinski definition) is 3. The summed E-state index contributed by atoms with van der Waals surface area (Å²) in [5.41, 5.74) is 6.89. The van der Waals surface area contributed by atoms with Crippen molar-refractivity contribution in [3.63, 3.8) is 0 Å². The third-order valence-corrected chi connectivity index (χ3v) is 5.69. The summed E-state index contributed by atoms with van der Waals surface area (Å²) in [6, 6.07) is 9.22. The van der Waals surface area contributed by atoms with Crippen LogP contribution in [-0.2, 0) is 9.84 Å². The van der Waals surface area contributed by atoms with Gasteiger partial charge in [-0.15, -0.1) is 11.6 Å². The first-order valence-corrected chi connectivity index (χ1v) is 7.78. The lowest BCUT2D eigenvalue weighted by Crippen LogP contribution is -2.22. The highest BCUT2D eigenvalue weighted by Crippen LogP contribution is 2.18. The van der Waals surface area contributed by atoms with Crippen molar-refractivity contribution in [1.82, 2.24) is 0 Å². The van der Waals surface area contributed by atoms with E-state index in [-0.39, 0.29) is 11.8 Å². The van der Waals surface area contributed by atoms with E-state index < -0.39 is 14.5 Å². The lowest BCUT2D eigenvalue weighted by molar-refractivity contribution is 0.581. The zero-order valence-corrected chi connectivity index (χ0v) is 11.4. The Kier molecular flexibility index (Phi) is 5.43. The molecule has 2 N–H and O–H groups in total. The first-order chi connectivity index (χ1) is 7.97. The van der Waals surface area contributed by atoms with E-state index in [4.69, 9.17) is 17.3 Å². The molecule has 0 aliphatic heterocycles. The third kappa shape index (κ3) is 4.30. The lowest BCUT2D eigenvalue weighted by atomic mass is 10.1. The quantitative estimate of drug-likeness (QED) is 0.812. The fourth-order valence-corrected chi connectivity index (χ4v) is 3.15. The van der Waals surface area contributed by atoms with E-state index in [1.807, 2.05) is 30.3 Å². The molecule has 2 unspecified atom stereocenters. The van der Waals surface area contributed by atoms with E-state index in [9.17, 15) is 8.42 Å². The summed E-state index contributed by atoms with van der Waals surface area (Å²) in [5, 5.41) is 0. The lowest BCUT2D eigenvalue weighted by Gasteiger charge is -2.13. The molecule has 0 fully saturated rings. The van der Waals surface area contributed by atoms with Gasteiger partial charge >= 0.3 is 0 Å². The SMILES string of the molecule is CCC(Cl)S(=O)(=O)CCC(N)c1ccccc1. The zero-order chi connectivity index (χ0) is 12.9. The fourth-order valence-electron chi connectivity index (χ4n) is 1.54. The Hall–Kier alpha value is -0.580. The Balaban J connectivity index is 2.57. The maximum absolute atomic E-state index is 11.7. The molecular formula is C12H18ClNO2S. The Morgan fingerprint density at radius 2 is 1.88 bits per heavy atom. The smallest absolute Gasteiger partial charge is 0.167 e. The maximum Gasteiger partial charge on any atom is 0.167 e. The van der Waals surface area contributed by atoms with Crippen molar-refractivity contribution in [3.05, 3.63) is 35.9 Å². The van der Waals surface area contributed by atoms with E-state index in [1.54, 1.807) is 6.92 Å². The van der Waals surface area contributed by atoms with Crippen molar-refractivity contribution in [2.24, 2.45) is 5.73 Å². The van der Waals surface area contributed by atoms with Crippen molar-refractivity contribution in [2.75, 3.05) is 5.75 Å². The summed E-state index contributed by atoms with van der Waals surface area (Å²) in [4.78, 5) is 0. The molecule has 0 amide bonds. The van der Waals surface area contributed by atoms with Crippen molar-refractivity contribution >= 4 is 21.4 Å². The topological polar surface area (TPSA) is 60.2 Å². The number of hydrogen-bond donors (Lipinski definition) is 1. The molecule has 3 nitrogen and oxygen atoms in total. The van der Waals surface area contributed by atoms with E-state index >= 15 is 0 Å². The van der Waals surface area contributed by atoms with Gasteiger partial charge in [-0.2, -0.15) is 0 Å². The average Bonchev–Trinajstić information content (AvgIpc) is 2.36. The molecular weight excluding hydrogens is 258 g/mol. The highest BCUT2D eigenvalue weighted by atomic mass is 35.5. The number of nitrogens with two attached hydrogens (primary N) is 1. The van der Waals surface area contributed by atoms with Gasteiger partial charge in [0.25, 0.3) is 0 Å². The van der Waals surface area contributed by atoms with Crippen LogP contribution in [0.15, 0.2) is 30.3 Å². The average molecular weight is 276 g/mol. The van der Waals surface area contributed by atoms with Crippen molar-refractivity contribution in [2.45, 2.75) is 30.5 Å². The van der Waals surface area contributed by atoms with Crippen LogP contribution in [0.4, 0.5) is 0 Å². The van der Waals surface area contributed by atoms with Crippen molar-refractivity contribution in [1.29, 1.82) is 0 Å². The fraction of sp³-hybridized carbons (Fsp3) is 0.500. The van der Waals surface area contributed by atoms with E-state index in [2.05, 4.69) is 0 Å². The molecule has 17 heavy (non-hydrogen) atoms. The number of benzene rings is 1. The third-order valence-electron chi connectivity index (χ3n) is 2.65. The summed E-state index contributed by atoms with van der Waals surface area (Å²) in [6.45, 7) is 1.76. The molecule has 0 spiro atoms. The van der Waals surface area contributed by atoms with E-state index in [0.717, 1.165) is 5.56 Å². The molecule has 0 heterocycles. The van der Waals surface area contributed by atoms with Crippen LogP contribution in [0.3, 0.4) is 0 Å². The summed E-state index contributed by atoms with van der Waals surface area (Å²) >= 11 is 5.76. The number of sulfone groups is 1. The summed E-state index contributed by atoms with van der Waals surface area (Å²) < 4.78 is 22.6.